The van der Waals surface area contributed by atoms with E-state index in [1.54, 1.807) is 0 Å². The van der Waals surface area contributed by atoms with E-state index in [9.17, 15) is 0 Å². The third-order valence-corrected chi connectivity index (χ3v) is 5.28. The zero-order valence-corrected chi connectivity index (χ0v) is 13.2. The third kappa shape index (κ3) is 5.02. The molecular weight excluding hydrogens is 294 g/mol. The molecule has 0 heterocycles. The highest BCUT2D eigenvalue weighted by atomic mass is 79.9. The topological polar surface area (TPSA) is 26.0 Å². The Kier molecular flexibility index (Phi) is 6.60. The van der Waals surface area contributed by atoms with Crippen molar-refractivity contribution in [3.05, 3.63) is 34.3 Å². The highest BCUT2D eigenvalue weighted by Gasteiger charge is 2.17. The van der Waals surface area contributed by atoms with Gasteiger partial charge in [-0.25, -0.2) is 0 Å². The van der Waals surface area contributed by atoms with Crippen LogP contribution in [0.1, 0.15) is 38.0 Å². The van der Waals surface area contributed by atoms with E-state index in [-0.39, 0.29) is 6.04 Å². The Bertz CT molecular complexity index is 323. The summed E-state index contributed by atoms with van der Waals surface area (Å²) >= 11 is 5.45. The number of thioether (sulfide) groups is 1. The van der Waals surface area contributed by atoms with Crippen molar-refractivity contribution in [3.63, 3.8) is 0 Å². The lowest BCUT2D eigenvalue weighted by Gasteiger charge is -2.22. The zero-order valence-electron chi connectivity index (χ0n) is 10.8. The number of benzene rings is 1. The van der Waals surface area contributed by atoms with Crippen LogP contribution in [0.15, 0.2) is 28.7 Å². The average molecular weight is 316 g/mol. The summed E-state index contributed by atoms with van der Waals surface area (Å²) in [6.45, 7) is 6.63. The minimum absolute atomic E-state index is 0.185. The summed E-state index contributed by atoms with van der Waals surface area (Å²) in [5.74, 6) is 1.94. The minimum atomic E-state index is 0.185. The Hall–Kier alpha value is 0.01000. The van der Waals surface area contributed by atoms with Gasteiger partial charge in [-0.3, -0.25) is 0 Å². The molecule has 3 atom stereocenters. The largest absolute Gasteiger partial charge is 0.327 e. The van der Waals surface area contributed by atoms with Gasteiger partial charge in [-0.2, -0.15) is 11.8 Å². The first-order chi connectivity index (χ1) is 8.04. The fourth-order valence-electron chi connectivity index (χ4n) is 1.59. The average Bonchev–Trinajstić information content (AvgIpc) is 2.31. The van der Waals surface area contributed by atoms with Crippen molar-refractivity contribution in [2.45, 2.75) is 38.5 Å². The van der Waals surface area contributed by atoms with Crippen LogP contribution in [0.25, 0.3) is 0 Å². The second-order valence-corrected chi connectivity index (χ2v) is 6.77. The van der Waals surface area contributed by atoms with Crippen LogP contribution in [-0.2, 0) is 0 Å². The molecule has 3 unspecified atom stereocenters. The first kappa shape index (κ1) is 15.1. The van der Waals surface area contributed by atoms with Gasteiger partial charge in [0.05, 0.1) is 0 Å². The zero-order chi connectivity index (χ0) is 12.8. The molecule has 0 radical (unpaired) electrons. The van der Waals surface area contributed by atoms with Gasteiger partial charge < -0.3 is 5.73 Å². The van der Waals surface area contributed by atoms with Crippen LogP contribution in [0.2, 0.25) is 0 Å². The highest BCUT2D eigenvalue weighted by molar-refractivity contribution is 9.10. The van der Waals surface area contributed by atoms with Gasteiger partial charge in [0.2, 0.25) is 0 Å². The second kappa shape index (κ2) is 7.45. The molecule has 0 aliphatic carbocycles. The van der Waals surface area contributed by atoms with E-state index in [0.29, 0.717) is 5.25 Å². The summed E-state index contributed by atoms with van der Waals surface area (Å²) in [6, 6.07) is 8.71. The number of hydrogen-bond acceptors (Lipinski definition) is 2. The second-order valence-electron chi connectivity index (χ2n) is 4.68. The van der Waals surface area contributed by atoms with E-state index in [1.807, 2.05) is 11.8 Å². The summed E-state index contributed by atoms with van der Waals surface area (Å²) in [7, 11) is 0. The molecule has 0 aromatic heterocycles. The molecule has 3 heteroatoms. The molecule has 0 saturated carbocycles. The van der Waals surface area contributed by atoms with Crippen LogP contribution in [0, 0.1) is 5.92 Å². The SMILES string of the molecule is CCC(C)CSC(c1ccc(Br)cc1)C(C)N. The molecular formula is C14H22BrNS. The molecule has 0 bridgehead atoms. The van der Waals surface area contributed by atoms with Gasteiger partial charge in [-0.05, 0) is 36.3 Å². The molecule has 2 N–H and O–H groups in total. The van der Waals surface area contributed by atoms with Crippen LogP contribution in [0.5, 0.6) is 0 Å². The number of halogens is 1. The maximum Gasteiger partial charge on any atom is 0.0445 e. The van der Waals surface area contributed by atoms with Crippen molar-refractivity contribution in [2.75, 3.05) is 5.75 Å². The molecule has 0 spiro atoms. The van der Waals surface area contributed by atoms with Crippen LogP contribution in [-0.4, -0.2) is 11.8 Å². The summed E-state index contributed by atoms with van der Waals surface area (Å²) in [6.07, 6.45) is 1.24. The fraction of sp³-hybridized carbons (Fsp3) is 0.571. The molecule has 0 aliphatic rings. The van der Waals surface area contributed by atoms with Crippen molar-refractivity contribution < 1.29 is 0 Å². The third-order valence-electron chi connectivity index (χ3n) is 2.93. The van der Waals surface area contributed by atoms with Crippen molar-refractivity contribution in [2.24, 2.45) is 11.7 Å². The fourth-order valence-corrected chi connectivity index (χ4v) is 3.28. The molecule has 1 aromatic carbocycles. The van der Waals surface area contributed by atoms with Crippen LogP contribution in [0.3, 0.4) is 0 Å². The quantitative estimate of drug-likeness (QED) is 0.829. The van der Waals surface area contributed by atoms with E-state index in [4.69, 9.17) is 5.73 Å². The summed E-state index contributed by atoms with van der Waals surface area (Å²) in [5, 5.41) is 0.400. The van der Waals surface area contributed by atoms with Crippen molar-refractivity contribution in [3.8, 4) is 0 Å². The standard InChI is InChI=1S/C14H22BrNS/c1-4-10(2)9-17-14(11(3)16)12-5-7-13(15)8-6-12/h5-8,10-11,14H,4,9,16H2,1-3H3. The number of nitrogens with two attached hydrogens (primary N) is 1. The van der Waals surface area contributed by atoms with Gasteiger partial charge in [-0.1, -0.05) is 48.3 Å². The van der Waals surface area contributed by atoms with Crippen LogP contribution < -0.4 is 5.73 Å². The van der Waals surface area contributed by atoms with Gasteiger partial charge in [0, 0.05) is 15.8 Å². The van der Waals surface area contributed by atoms with E-state index < -0.39 is 0 Å². The molecule has 0 aliphatic heterocycles. The van der Waals surface area contributed by atoms with Gasteiger partial charge >= 0.3 is 0 Å². The van der Waals surface area contributed by atoms with Crippen LogP contribution in [0.4, 0.5) is 0 Å². The van der Waals surface area contributed by atoms with E-state index in [0.717, 1.165) is 10.4 Å². The molecule has 0 saturated heterocycles. The Labute approximate surface area is 118 Å². The summed E-state index contributed by atoms with van der Waals surface area (Å²) in [5.41, 5.74) is 7.43. The van der Waals surface area contributed by atoms with Gasteiger partial charge in [-0.15, -0.1) is 0 Å². The Morgan fingerprint density at radius 1 is 1.24 bits per heavy atom. The monoisotopic (exact) mass is 315 g/mol. The predicted octanol–water partition coefficient (Wildman–Crippen LogP) is 4.62. The maximum absolute atomic E-state index is 6.10. The van der Waals surface area contributed by atoms with Crippen molar-refractivity contribution in [1.82, 2.24) is 0 Å². The summed E-state index contributed by atoms with van der Waals surface area (Å²) < 4.78 is 1.12. The van der Waals surface area contributed by atoms with Crippen molar-refractivity contribution >= 4 is 27.7 Å². The van der Waals surface area contributed by atoms with Gasteiger partial charge in [0.15, 0.2) is 0 Å². The molecule has 96 valence electrons. The van der Waals surface area contributed by atoms with E-state index in [1.165, 1.54) is 17.7 Å². The first-order valence-corrected chi connectivity index (χ1v) is 8.01. The Morgan fingerprint density at radius 3 is 2.29 bits per heavy atom. The smallest absolute Gasteiger partial charge is 0.0445 e. The molecule has 17 heavy (non-hydrogen) atoms. The molecule has 0 amide bonds. The lowest BCUT2D eigenvalue weighted by atomic mass is 10.1. The maximum atomic E-state index is 6.10. The number of rotatable bonds is 6. The molecule has 0 fully saturated rings. The molecule has 1 aromatic rings. The molecule has 1 rings (SSSR count). The predicted molar refractivity (Wildman–Crippen MR) is 82.4 cm³/mol. The van der Waals surface area contributed by atoms with Gasteiger partial charge in [0.25, 0.3) is 0 Å². The lowest BCUT2D eigenvalue weighted by Crippen LogP contribution is -2.23. The minimum Gasteiger partial charge on any atom is -0.327 e. The normalized spacial score (nSPS) is 16.5. The van der Waals surface area contributed by atoms with Crippen molar-refractivity contribution in [1.29, 1.82) is 0 Å². The van der Waals surface area contributed by atoms with E-state index >= 15 is 0 Å². The highest BCUT2D eigenvalue weighted by Crippen LogP contribution is 2.33. The number of hydrogen-bond donors (Lipinski definition) is 1. The Morgan fingerprint density at radius 2 is 1.82 bits per heavy atom. The van der Waals surface area contributed by atoms with E-state index in [2.05, 4.69) is 61.0 Å². The van der Waals surface area contributed by atoms with Gasteiger partial charge in [0.1, 0.15) is 0 Å². The first-order valence-electron chi connectivity index (χ1n) is 6.17. The summed E-state index contributed by atoms with van der Waals surface area (Å²) in [4.78, 5) is 0. The van der Waals surface area contributed by atoms with Crippen LogP contribution >= 0.6 is 27.7 Å². The molecule has 1 nitrogen and oxygen atoms in total. The lowest BCUT2D eigenvalue weighted by molar-refractivity contribution is 0.631. The Balaban J connectivity index is 2.69.